The molecule has 0 spiro atoms. The van der Waals surface area contributed by atoms with E-state index in [9.17, 15) is 4.79 Å². The zero-order valence-corrected chi connectivity index (χ0v) is 16.7. The third kappa shape index (κ3) is 4.40. The van der Waals surface area contributed by atoms with E-state index in [4.69, 9.17) is 23.2 Å². The van der Waals surface area contributed by atoms with Gasteiger partial charge in [0.2, 0.25) is 5.91 Å². The van der Waals surface area contributed by atoms with Crippen LogP contribution < -0.4 is 5.32 Å². The van der Waals surface area contributed by atoms with Crippen molar-refractivity contribution in [2.45, 2.75) is 33.2 Å². The molecule has 1 saturated heterocycles. The van der Waals surface area contributed by atoms with E-state index in [-0.39, 0.29) is 11.8 Å². The number of carbonyl (C=O) groups is 1. The Hall–Kier alpha value is -1.55. The van der Waals surface area contributed by atoms with Crippen molar-refractivity contribution in [3.8, 4) is 0 Å². The van der Waals surface area contributed by atoms with Gasteiger partial charge in [-0.15, -0.1) is 0 Å². The second-order valence-corrected chi connectivity index (χ2v) is 7.83. The van der Waals surface area contributed by atoms with Gasteiger partial charge in [-0.1, -0.05) is 41.4 Å². The molecule has 1 aliphatic rings. The topological polar surface area (TPSA) is 32.3 Å². The highest BCUT2D eigenvalue weighted by Crippen LogP contribution is 2.28. The largest absolute Gasteiger partial charge is 0.326 e. The maximum absolute atomic E-state index is 12.8. The first-order chi connectivity index (χ1) is 12.5. The number of hydrogen-bond acceptors (Lipinski definition) is 2. The van der Waals surface area contributed by atoms with E-state index in [1.54, 1.807) is 0 Å². The lowest BCUT2D eigenvalue weighted by molar-refractivity contribution is -0.121. The molecule has 1 amide bonds. The van der Waals surface area contributed by atoms with Gasteiger partial charge in [0.15, 0.2) is 0 Å². The standard InChI is InChI=1S/C21H24Cl2N2O/c1-14-6-3-10-20(15(14)2)24-21(26)16-7-5-11-25(12-16)13-17-18(22)8-4-9-19(17)23/h3-4,6,8-10,16H,5,7,11-13H2,1-2H3,(H,24,26)/t16-/m0/s1. The summed E-state index contributed by atoms with van der Waals surface area (Å²) in [5.41, 5.74) is 4.14. The third-order valence-electron chi connectivity index (χ3n) is 5.18. The van der Waals surface area contributed by atoms with Gasteiger partial charge in [0.1, 0.15) is 0 Å². The summed E-state index contributed by atoms with van der Waals surface area (Å²) in [6, 6.07) is 11.6. The average molecular weight is 391 g/mol. The number of aryl methyl sites for hydroxylation is 1. The van der Waals surface area contributed by atoms with E-state index < -0.39 is 0 Å². The SMILES string of the molecule is Cc1cccc(NC(=O)[C@H]2CCCN(Cc3c(Cl)cccc3Cl)C2)c1C. The van der Waals surface area contributed by atoms with Crippen LogP contribution >= 0.6 is 23.2 Å². The Balaban J connectivity index is 1.66. The number of halogens is 2. The first kappa shape index (κ1) is 19.2. The average Bonchev–Trinajstić information content (AvgIpc) is 2.62. The summed E-state index contributed by atoms with van der Waals surface area (Å²) in [5.74, 6) is 0.0681. The minimum Gasteiger partial charge on any atom is -0.326 e. The fourth-order valence-corrected chi connectivity index (χ4v) is 3.96. The van der Waals surface area contributed by atoms with E-state index in [0.29, 0.717) is 16.6 Å². The Morgan fingerprint density at radius 3 is 2.58 bits per heavy atom. The number of nitrogens with zero attached hydrogens (tertiary/aromatic N) is 1. The Bertz CT molecular complexity index is 786. The Morgan fingerprint density at radius 2 is 1.85 bits per heavy atom. The van der Waals surface area contributed by atoms with Crippen LogP contribution in [0.3, 0.4) is 0 Å². The highest BCUT2D eigenvalue weighted by Gasteiger charge is 2.27. The number of likely N-dealkylation sites (tertiary alicyclic amines) is 1. The monoisotopic (exact) mass is 390 g/mol. The van der Waals surface area contributed by atoms with E-state index in [2.05, 4.69) is 23.2 Å². The summed E-state index contributed by atoms with van der Waals surface area (Å²) >= 11 is 12.6. The number of hydrogen-bond donors (Lipinski definition) is 1. The molecule has 1 fully saturated rings. The molecule has 1 atom stereocenters. The van der Waals surface area contributed by atoms with Gasteiger partial charge in [-0.2, -0.15) is 0 Å². The van der Waals surface area contributed by atoms with Crippen LogP contribution in [0, 0.1) is 19.8 Å². The molecule has 138 valence electrons. The molecule has 0 aromatic heterocycles. The maximum Gasteiger partial charge on any atom is 0.228 e. The van der Waals surface area contributed by atoms with E-state index in [0.717, 1.165) is 42.7 Å². The predicted octanol–water partition coefficient (Wildman–Crippen LogP) is 5.46. The highest BCUT2D eigenvalue weighted by atomic mass is 35.5. The first-order valence-electron chi connectivity index (χ1n) is 8.98. The normalized spacial score (nSPS) is 17.9. The summed E-state index contributed by atoms with van der Waals surface area (Å²) in [7, 11) is 0. The van der Waals surface area contributed by atoms with Crippen molar-refractivity contribution in [1.29, 1.82) is 0 Å². The molecule has 1 N–H and O–H groups in total. The molecule has 0 unspecified atom stereocenters. The Labute approximate surface area is 165 Å². The van der Waals surface area contributed by atoms with Gasteiger partial charge >= 0.3 is 0 Å². The lowest BCUT2D eigenvalue weighted by Gasteiger charge is -2.32. The predicted molar refractivity (Wildman–Crippen MR) is 109 cm³/mol. The molecular weight excluding hydrogens is 367 g/mol. The lowest BCUT2D eigenvalue weighted by atomic mass is 9.96. The fraction of sp³-hybridized carbons (Fsp3) is 0.381. The molecule has 2 aromatic rings. The summed E-state index contributed by atoms with van der Waals surface area (Å²) in [5, 5.41) is 4.47. The quantitative estimate of drug-likeness (QED) is 0.751. The van der Waals surface area contributed by atoms with Crippen LogP contribution in [0.25, 0.3) is 0 Å². The van der Waals surface area contributed by atoms with Crippen molar-refractivity contribution in [2.75, 3.05) is 18.4 Å². The fourth-order valence-electron chi connectivity index (χ4n) is 3.44. The van der Waals surface area contributed by atoms with E-state index in [1.807, 2.05) is 37.3 Å². The van der Waals surface area contributed by atoms with Gasteiger partial charge in [-0.25, -0.2) is 0 Å². The van der Waals surface area contributed by atoms with Crippen molar-refractivity contribution in [1.82, 2.24) is 4.90 Å². The summed E-state index contributed by atoms with van der Waals surface area (Å²) in [6.07, 6.45) is 1.90. The number of nitrogens with one attached hydrogen (secondary N) is 1. The number of anilines is 1. The van der Waals surface area contributed by atoms with Gasteiger partial charge in [0.05, 0.1) is 5.92 Å². The summed E-state index contributed by atoms with van der Waals surface area (Å²) in [6.45, 7) is 6.44. The number of benzene rings is 2. The van der Waals surface area contributed by atoms with E-state index >= 15 is 0 Å². The van der Waals surface area contributed by atoms with Gasteiger partial charge in [0, 0.05) is 34.4 Å². The van der Waals surface area contributed by atoms with Crippen molar-refractivity contribution in [3.05, 3.63) is 63.1 Å². The van der Waals surface area contributed by atoms with Gasteiger partial charge in [-0.3, -0.25) is 9.69 Å². The first-order valence-corrected chi connectivity index (χ1v) is 9.73. The second kappa shape index (κ2) is 8.43. The molecule has 1 aliphatic heterocycles. The Kier molecular flexibility index (Phi) is 6.23. The van der Waals surface area contributed by atoms with Crippen LogP contribution in [0.1, 0.15) is 29.5 Å². The Morgan fingerprint density at radius 1 is 1.15 bits per heavy atom. The van der Waals surface area contributed by atoms with Crippen molar-refractivity contribution >= 4 is 34.8 Å². The molecule has 3 rings (SSSR count). The minimum absolute atomic E-state index is 0.0232. The van der Waals surface area contributed by atoms with Crippen LogP contribution in [0.15, 0.2) is 36.4 Å². The van der Waals surface area contributed by atoms with Gasteiger partial charge in [0.25, 0.3) is 0 Å². The number of carbonyl (C=O) groups excluding carboxylic acids is 1. The highest BCUT2D eigenvalue weighted by molar-refractivity contribution is 6.35. The van der Waals surface area contributed by atoms with E-state index in [1.165, 1.54) is 5.56 Å². The number of amides is 1. The molecule has 0 radical (unpaired) electrons. The second-order valence-electron chi connectivity index (χ2n) is 7.01. The molecule has 1 heterocycles. The number of piperidine rings is 1. The molecule has 0 saturated carbocycles. The third-order valence-corrected chi connectivity index (χ3v) is 5.89. The van der Waals surface area contributed by atoms with Crippen LogP contribution in [0.2, 0.25) is 10.0 Å². The molecule has 5 heteroatoms. The van der Waals surface area contributed by atoms with Crippen molar-refractivity contribution in [2.24, 2.45) is 5.92 Å². The van der Waals surface area contributed by atoms with Crippen LogP contribution in [-0.4, -0.2) is 23.9 Å². The van der Waals surface area contributed by atoms with Crippen LogP contribution in [0.4, 0.5) is 5.69 Å². The molecular formula is C21H24Cl2N2O. The summed E-state index contributed by atoms with van der Waals surface area (Å²) in [4.78, 5) is 15.0. The van der Waals surface area contributed by atoms with Crippen molar-refractivity contribution < 1.29 is 4.79 Å². The van der Waals surface area contributed by atoms with Crippen LogP contribution in [0.5, 0.6) is 0 Å². The smallest absolute Gasteiger partial charge is 0.228 e. The van der Waals surface area contributed by atoms with Crippen LogP contribution in [-0.2, 0) is 11.3 Å². The number of rotatable bonds is 4. The molecule has 2 aromatic carbocycles. The minimum atomic E-state index is -0.0232. The van der Waals surface area contributed by atoms with Gasteiger partial charge < -0.3 is 5.32 Å². The maximum atomic E-state index is 12.8. The lowest BCUT2D eigenvalue weighted by Crippen LogP contribution is -2.40. The molecule has 3 nitrogen and oxygen atoms in total. The zero-order chi connectivity index (χ0) is 18.7. The molecule has 0 aliphatic carbocycles. The molecule has 0 bridgehead atoms. The van der Waals surface area contributed by atoms with Gasteiger partial charge in [-0.05, 0) is 62.6 Å². The van der Waals surface area contributed by atoms with Crippen molar-refractivity contribution in [3.63, 3.8) is 0 Å². The zero-order valence-electron chi connectivity index (χ0n) is 15.2. The summed E-state index contributed by atoms with van der Waals surface area (Å²) < 4.78 is 0. The molecule has 26 heavy (non-hydrogen) atoms.